The molecule has 68 valence electrons. The minimum atomic E-state index is 1.21. The van der Waals surface area contributed by atoms with Crippen LogP contribution in [0.15, 0.2) is 42.6 Å². The summed E-state index contributed by atoms with van der Waals surface area (Å²) in [5.41, 5.74) is 2.52. The van der Waals surface area contributed by atoms with Gasteiger partial charge in [0.05, 0.1) is 0 Å². The number of nitrogens with one attached hydrogen (secondary N) is 1. The standard InChI is InChI=1S/C13H11N/c1-9-2-3-10-8-13-11(4-5-14-13)7-12(10)6-9/h2-8,14H,1H3. The van der Waals surface area contributed by atoms with E-state index in [9.17, 15) is 0 Å². The zero-order chi connectivity index (χ0) is 9.54. The summed E-state index contributed by atoms with van der Waals surface area (Å²) in [5, 5.41) is 3.89. The van der Waals surface area contributed by atoms with Crippen LogP contribution in [-0.2, 0) is 0 Å². The Morgan fingerprint density at radius 2 is 1.79 bits per heavy atom. The molecule has 0 atom stereocenters. The molecule has 0 fully saturated rings. The fourth-order valence-corrected chi connectivity index (χ4v) is 1.92. The van der Waals surface area contributed by atoms with Crippen LogP contribution >= 0.6 is 0 Å². The molecule has 1 N–H and O–H groups in total. The molecule has 0 radical (unpaired) electrons. The van der Waals surface area contributed by atoms with E-state index in [1.807, 2.05) is 6.20 Å². The predicted octanol–water partition coefficient (Wildman–Crippen LogP) is 3.63. The number of aromatic nitrogens is 1. The van der Waals surface area contributed by atoms with E-state index in [0.29, 0.717) is 0 Å². The molecule has 14 heavy (non-hydrogen) atoms. The minimum absolute atomic E-state index is 1.21. The van der Waals surface area contributed by atoms with Crippen molar-refractivity contribution in [3.63, 3.8) is 0 Å². The molecule has 0 aliphatic rings. The van der Waals surface area contributed by atoms with Gasteiger partial charge in [0.2, 0.25) is 0 Å². The summed E-state index contributed by atoms with van der Waals surface area (Å²) >= 11 is 0. The van der Waals surface area contributed by atoms with Gasteiger partial charge in [0.25, 0.3) is 0 Å². The number of fused-ring (bicyclic) bond motifs is 2. The third-order valence-corrected chi connectivity index (χ3v) is 2.67. The molecule has 1 nitrogen and oxygen atoms in total. The molecule has 0 saturated carbocycles. The summed E-state index contributed by atoms with van der Waals surface area (Å²) in [6, 6.07) is 13.1. The molecule has 0 amide bonds. The summed E-state index contributed by atoms with van der Waals surface area (Å²) in [6.45, 7) is 2.13. The second-order valence-electron chi connectivity index (χ2n) is 3.77. The first-order valence-electron chi connectivity index (χ1n) is 4.80. The molecule has 1 heterocycles. The monoisotopic (exact) mass is 181 g/mol. The van der Waals surface area contributed by atoms with Gasteiger partial charge in [-0.1, -0.05) is 23.8 Å². The Bertz CT molecular complexity index is 605. The van der Waals surface area contributed by atoms with Gasteiger partial charge >= 0.3 is 0 Å². The maximum Gasteiger partial charge on any atom is 0.0460 e. The van der Waals surface area contributed by atoms with E-state index in [1.165, 1.54) is 27.2 Å². The van der Waals surface area contributed by atoms with Crippen LogP contribution in [0.5, 0.6) is 0 Å². The van der Waals surface area contributed by atoms with Gasteiger partial charge in [0.1, 0.15) is 0 Å². The van der Waals surface area contributed by atoms with Crippen LogP contribution in [0.3, 0.4) is 0 Å². The highest BCUT2D eigenvalue weighted by Crippen LogP contribution is 2.22. The number of rotatable bonds is 0. The highest BCUT2D eigenvalue weighted by atomic mass is 14.7. The summed E-state index contributed by atoms with van der Waals surface area (Å²) < 4.78 is 0. The predicted molar refractivity (Wildman–Crippen MR) is 60.5 cm³/mol. The van der Waals surface area contributed by atoms with E-state index >= 15 is 0 Å². The van der Waals surface area contributed by atoms with Crippen molar-refractivity contribution in [1.29, 1.82) is 0 Å². The lowest BCUT2D eigenvalue weighted by Crippen LogP contribution is -1.76. The third kappa shape index (κ3) is 1.02. The lowest BCUT2D eigenvalue weighted by molar-refractivity contribution is 1.48. The second-order valence-corrected chi connectivity index (χ2v) is 3.77. The van der Waals surface area contributed by atoms with Crippen molar-refractivity contribution in [2.45, 2.75) is 6.92 Å². The lowest BCUT2D eigenvalue weighted by Gasteiger charge is -1.99. The van der Waals surface area contributed by atoms with Gasteiger partial charge < -0.3 is 4.98 Å². The summed E-state index contributed by atoms with van der Waals surface area (Å²) in [7, 11) is 0. The zero-order valence-electron chi connectivity index (χ0n) is 8.04. The molecule has 0 aliphatic carbocycles. The summed E-state index contributed by atoms with van der Waals surface area (Å²) in [4.78, 5) is 3.23. The molecule has 0 bridgehead atoms. The van der Waals surface area contributed by atoms with Crippen molar-refractivity contribution in [2.24, 2.45) is 0 Å². The molecular formula is C13H11N. The molecule has 0 unspecified atom stereocenters. The van der Waals surface area contributed by atoms with Crippen LogP contribution in [-0.4, -0.2) is 4.98 Å². The number of hydrogen-bond acceptors (Lipinski definition) is 0. The molecule has 0 spiro atoms. The summed E-state index contributed by atoms with van der Waals surface area (Å²) in [6.07, 6.45) is 1.98. The van der Waals surface area contributed by atoms with Gasteiger partial charge in [0.15, 0.2) is 0 Å². The van der Waals surface area contributed by atoms with Gasteiger partial charge in [-0.3, -0.25) is 0 Å². The van der Waals surface area contributed by atoms with Crippen LogP contribution < -0.4 is 0 Å². The molecule has 0 aliphatic heterocycles. The van der Waals surface area contributed by atoms with Crippen molar-refractivity contribution >= 4 is 21.7 Å². The van der Waals surface area contributed by atoms with Gasteiger partial charge in [-0.25, -0.2) is 0 Å². The number of H-pyrrole nitrogens is 1. The molecule has 1 aromatic heterocycles. The first-order chi connectivity index (χ1) is 6.83. The molecule has 3 rings (SSSR count). The fourth-order valence-electron chi connectivity index (χ4n) is 1.92. The van der Waals surface area contributed by atoms with Crippen molar-refractivity contribution < 1.29 is 0 Å². The van der Waals surface area contributed by atoms with Crippen molar-refractivity contribution in [2.75, 3.05) is 0 Å². The Hall–Kier alpha value is -1.76. The molecule has 3 aromatic rings. The highest BCUT2D eigenvalue weighted by Gasteiger charge is 1.98. The zero-order valence-corrected chi connectivity index (χ0v) is 8.04. The Morgan fingerprint density at radius 1 is 0.857 bits per heavy atom. The molecular weight excluding hydrogens is 170 g/mol. The Labute approximate surface area is 82.4 Å². The van der Waals surface area contributed by atoms with Crippen LogP contribution in [0.1, 0.15) is 5.56 Å². The Morgan fingerprint density at radius 3 is 2.71 bits per heavy atom. The second kappa shape index (κ2) is 2.61. The maximum atomic E-state index is 3.23. The van der Waals surface area contributed by atoms with E-state index in [1.54, 1.807) is 0 Å². The topological polar surface area (TPSA) is 15.8 Å². The quantitative estimate of drug-likeness (QED) is 0.545. The normalized spacial score (nSPS) is 11.2. The molecule has 2 aromatic carbocycles. The van der Waals surface area contributed by atoms with Gasteiger partial charge in [0, 0.05) is 11.7 Å². The van der Waals surface area contributed by atoms with Gasteiger partial charge in [-0.15, -0.1) is 0 Å². The van der Waals surface area contributed by atoms with Crippen molar-refractivity contribution in [3.8, 4) is 0 Å². The fraction of sp³-hybridized carbons (Fsp3) is 0.0769. The average molecular weight is 181 g/mol. The first kappa shape index (κ1) is 7.63. The van der Waals surface area contributed by atoms with Crippen LogP contribution in [0, 0.1) is 6.92 Å². The lowest BCUT2D eigenvalue weighted by atomic mass is 10.1. The van der Waals surface area contributed by atoms with E-state index in [2.05, 4.69) is 48.3 Å². The van der Waals surface area contributed by atoms with E-state index in [-0.39, 0.29) is 0 Å². The maximum absolute atomic E-state index is 3.23. The number of benzene rings is 2. The smallest absolute Gasteiger partial charge is 0.0460 e. The van der Waals surface area contributed by atoms with Crippen LogP contribution in [0.2, 0.25) is 0 Å². The minimum Gasteiger partial charge on any atom is -0.361 e. The van der Waals surface area contributed by atoms with Crippen molar-refractivity contribution in [1.82, 2.24) is 4.98 Å². The number of hydrogen-bond donors (Lipinski definition) is 1. The Balaban J connectivity index is 2.50. The third-order valence-electron chi connectivity index (χ3n) is 2.67. The number of aryl methyl sites for hydroxylation is 1. The van der Waals surface area contributed by atoms with Crippen LogP contribution in [0.25, 0.3) is 21.7 Å². The van der Waals surface area contributed by atoms with E-state index < -0.39 is 0 Å². The molecule has 0 saturated heterocycles. The SMILES string of the molecule is Cc1ccc2cc3[nH]ccc3cc2c1. The van der Waals surface area contributed by atoms with Crippen molar-refractivity contribution in [3.05, 3.63) is 48.2 Å². The highest BCUT2D eigenvalue weighted by molar-refractivity contribution is 5.96. The van der Waals surface area contributed by atoms with Gasteiger partial charge in [-0.2, -0.15) is 0 Å². The van der Waals surface area contributed by atoms with E-state index in [4.69, 9.17) is 0 Å². The number of aromatic amines is 1. The van der Waals surface area contributed by atoms with Crippen LogP contribution in [0.4, 0.5) is 0 Å². The summed E-state index contributed by atoms with van der Waals surface area (Å²) in [5.74, 6) is 0. The average Bonchev–Trinajstić information content (AvgIpc) is 2.61. The van der Waals surface area contributed by atoms with E-state index in [0.717, 1.165) is 0 Å². The largest absolute Gasteiger partial charge is 0.361 e. The van der Waals surface area contributed by atoms with Gasteiger partial charge in [-0.05, 0) is 41.3 Å². The molecule has 1 heteroatoms. The Kier molecular flexibility index (Phi) is 1.42. The first-order valence-corrected chi connectivity index (χ1v) is 4.80.